The zero-order valence-corrected chi connectivity index (χ0v) is 9.43. The summed E-state index contributed by atoms with van der Waals surface area (Å²) >= 11 is 5.25. The number of methoxy groups -OCH3 is 1. The molecule has 2 atom stereocenters. The molecule has 0 radical (unpaired) electrons. The Labute approximate surface area is 89.1 Å². The minimum Gasteiger partial charge on any atom is -0.381 e. The number of aromatic amines is 1. The fourth-order valence-corrected chi connectivity index (χ4v) is 2.64. The van der Waals surface area contributed by atoms with Crippen molar-refractivity contribution in [1.82, 2.24) is 9.55 Å². The van der Waals surface area contributed by atoms with Gasteiger partial charge in [0.2, 0.25) is 0 Å². The lowest BCUT2D eigenvalue weighted by atomic mass is 10.2. The van der Waals surface area contributed by atoms with Crippen LogP contribution in [0.3, 0.4) is 0 Å². The average molecular weight is 212 g/mol. The quantitative estimate of drug-likeness (QED) is 0.764. The van der Waals surface area contributed by atoms with E-state index in [2.05, 4.69) is 16.5 Å². The number of nitrogens with one attached hydrogen (secondary N) is 1. The monoisotopic (exact) mass is 212 g/mol. The van der Waals surface area contributed by atoms with Gasteiger partial charge in [0.1, 0.15) is 0 Å². The largest absolute Gasteiger partial charge is 0.381 e. The second-order valence-electron chi connectivity index (χ2n) is 3.93. The Morgan fingerprint density at radius 3 is 2.86 bits per heavy atom. The Bertz CT molecular complexity index is 368. The molecule has 1 aliphatic rings. The van der Waals surface area contributed by atoms with Crippen molar-refractivity contribution in [2.45, 2.75) is 38.3 Å². The third kappa shape index (κ3) is 1.64. The van der Waals surface area contributed by atoms with Crippen molar-refractivity contribution in [3.63, 3.8) is 0 Å². The van der Waals surface area contributed by atoms with Crippen LogP contribution >= 0.6 is 12.2 Å². The van der Waals surface area contributed by atoms with Gasteiger partial charge in [-0.3, -0.25) is 0 Å². The number of hydrogen-bond acceptors (Lipinski definition) is 2. The topological polar surface area (TPSA) is 29.9 Å². The maximum atomic E-state index is 5.36. The van der Waals surface area contributed by atoms with E-state index in [0.717, 1.165) is 17.6 Å². The summed E-state index contributed by atoms with van der Waals surface area (Å²) in [5.74, 6) is 0. The number of imidazole rings is 1. The smallest absolute Gasteiger partial charge is 0.177 e. The zero-order chi connectivity index (χ0) is 10.1. The first-order chi connectivity index (χ1) is 6.72. The Morgan fingerprint density at radius 1 is 1.57 bits per heavy atom. The van der Waals surface area contributed by atoms with E-state index >= 15 is 0 Å². The molecule has 2 rings (SSSR count). The van der Waals surface area contributed by atoms with Crippen LogP contribution in [0, 0.1) is 11.7 Å². The van der Waals surface area contributed by atoms with Gasteiger partial charge in [-0.1, -0.05) is 0 Å². The third-order valence-corrected chi connectivity index (χ3v) is 3.37. The van der Waals surface area contributed by atoms with E-state index in [1.54, 1.807) is 7.11 Å². The highest BCUT2D eigenvalue weighted by atomic mass is 32.1. The van der Waals surface area contributed by atoms with Crippen LogP contribution in [0.25, 0.3) is 0 Å². The molecule has 1 heterocycles. The van der Waals surface area contributed by atoms with Crippen molar-refractivity contribution in [2.75, 3.05) is 7.11 Å². The van der Waals surface area contributed by atoms with Crippen LogP contribution in [0.2, 0.25) is 0 Å². The summed E-state index contributed by atoms with van der Waals surface area (Å²) in [6.45, 7) is 2.09. The van der Waals surface area contributed by atoms with Gasteiger partial charge in [0.15, 0.2) is 4.77 Å². The van der Waals surface area contributed by atoms with Crippen LogP contribution in [0.1, 0.15) is 31.0 Å². The molecule has 0 spiro atoms. The normalized spacial score (nSPS) is 27.0. The molecule has 1 aromatic rings. The van der Waals surface area contributed by atoms with Crippen LogP contribution in [0.4, 0.5) is 0 Å². The molecule has 0 bridgehead atoms. The van der Waals surface area contributed by atoms with Crippen LogP contribution in [0.15, 0.2) is 6.20 Å². The maximum absolute atomic E-state index is 5.36. The van der Waals surface area contributed by atoms with E-state index in [9.17, 15) is 0 Å². The average Bonchev–Trinajstić information content (AvgIpc) is 2.73. The minimum atomic E-state index is 0.413. The minimum absolute atomic E-state index is 0.413. The maximum Gasteiger partial charge on any atom is 0.177 e. The molecular formula is C10H16N2OS. The lowest BCUT2D eigenvalue weighted by Crippen LogP contribution is -2.10. The molecule has 1 saturated carbocycles. The molecule has 4 heteroatoms. The zero-order valence-electron chi connectivity index (χ0n) is 8.62. The van der Waals surface area contributed by atoms with E-state index in [1.165, 1.54) is 12.1 Å². The van der Waals surface area contributed by atoms with Gasteiger partial charge in [0, 0.05) is 25.0 Å². The number of rotatable bonds is 2. The second-order valence-corrected chi connectivity index (χ2v) is 4.32. The van der Waals surface area contributed by atoms with E-state index in [-0.39, 0.29) is 0 Å². The number of hydrogen-bond donors (Lipinski definition) is 1. The summed E-state index contributed by atoms with van der Waals surface area (Å²) in [5.41, 5.74) is 1.22. The van der Waals surface area contributed by atoms with Gasteiger partial charge in [-0.15, -0.1) is 0 Å². The Kier molecular flexibility index (Phi) is 2.74. The molecule has 0 saturated heterocycles. The molecule has 2 unspecified atom stereocenters. The summed E-state index contributed by atoms with van der Waals surface area (Å²) in [7, 11) is 1.79. The Morgan fingerprint density at radius 2 is 2.36 bits per heavy atom. The predicted octanol–water partition coefficient (Wildman–Crippen LogP) is 2.59. The fraction of sp³-hybridized carbons (Fsp3) is 0.700. The molecule has 1 aromatic heterocycles. The van der Waals surface area contributed by atoms with Gasteiger partial charge in [-0.25, -0.2) is 0 Å². The van der Waals surface area contributed by atoms with E-state index in [1.807, 2.05) is 6.20 Å². The number of aryl methyl sites for hydroxylation is 1. The lowest BCUT2D eigenvalue weighted by Gasteiger charge is -2.14. The van der Waals surface area contributed by atoms with E-state index in [0.29, 0.717) is 12.1 Å². The van der Waals surface area contributed by atoms with Gasteiger partial charge >= 0.3 is 0 Å². The van der Waals surface area contributed by atoms with Gasteiger partial charge < -0.3 is 14.3 Å². The van der Waals surface area contributed by atoms with Gasteiger partial charge in [0.25, 0.3) is 0 Å². The third-order valence-electron chi connectivity index (χ3n) is 3.06. The number of H-pyrrole nitrogens is 1. The highest BCUT2D eigenvalue weighted by Gasteiger charge is 2.26. The van der Waals surface area contributed by atoms with Crippen LogP contribution in [0.5, 0.6) is 0 Å². The second kappa shape index (κ2) is 3.87. The number of ether oxygens (including phenoxy) is 1. The van der Waals surface area contributed by atoms with Crippen molar-refractivity contribution >= 4 is 12.2 Å². The van der Waals surface area contributed by atoms with Crippen molar-refractivity contribution in [3.05, 3.63) is 16.7 Å². The Balaban J connectivity index is 2.21. The van der Waals surface area contributed by atoms with Crippen molar-refractivity contribution < 1.29 is 4.74 Å². The van der Waals surface area contributed by atoms with Crippen molar-refractivity contribution in [1.29, 1.82) is 0 Å². The molecule has 1 aliphatic carbocycles. The summed E-state index contributed by atoms with van der Waals surface area (Å²) in [5, 5.41) is 0. The first-order valence-corrected chi connectivity index (χ1v) is 5.42. The summed E-state index contributed by atoms with van der Waals surface area (Å²) in [4.78, 5) is 3.08. The first-order valence-electron chi connectivity index (χ1n) is 5.01. The van der Waals surface area contributed by atoms with Crippen molar-refractivity contribution in [2.24, 2.45) is 0 Å². The standard InChI is InChI=1S/C10H16N2OS/c1-7-6-11-10(14)12(7)8-3-4-9(5-8)13-2/h6,8-9H,3-5H2,1-2H3,(H,11,14). The van der Waals surface area contributed by atoms with E-state index < -0.39 is 0 Å². The molecule has 0 aliphatic heterocycles. The molecule has 1 fully saturated rings. The van der Waals surface area contributed by atoms with Crippen molar-refractivity contribution in [3.8, 4) is 0 Å². The molecule has 0 amide bonds. The highest BCUT2D eigenvalue weighted by Crippen LogP contribution is 2.32. The molecule has 0 aromatic carbocycles. The summed E-state index contributed by atoms with van der Waals surface area (Å²) < 4.78 is 8.42. The molecule has 1 N–H and O–H groups in total. The number of aromatic nitrogens is 2. The summed E-state index contributed by atoms with van der Waals surface area (Å²) in [6.07, 6.45) is 5.79. The molecule has 78 valence electrons. The van der Waals surface area contributed by atoms with Crippen LogP contribution < -0.4 is 0 Å². The van der Waals surface area contributed by atoms with Crippen LogP contribution in [-0.4, -0.2) is 22.8 Å². The fourth-order valence-electron chi connectivity index (χ4n) is 2.29. The van der Waals surface area contributed by atoms with Gasteiger partial charge in [-0.05, 0) is 38.4 Å². The molecular weight excluding hydrogens is 196 g/mol. The SMILES string of the molecule is COC1CCC(n2c(C)c[nH]c2=S)C1. The molecule has 3 nitrogen and oxygen atoms in total. The Hall–Kier alpha value is -0.610. The van der Waals surface area contributed by atoms with Crippen LogP contribution in [-0.2, 0) is 4.74 Å². The molecule has 14 heavy (non-hydrogen) atoms. The first kappa shape index (κ1) is 9.93. The summed E-state index contributed by atoms with van der Waals surface area (Å²) in [6, 6.07) is 0.527. The number of nitrogens with zero attached hydrogens (tertiary/aromatic N) is 1. The van der Waals surface area contributed by atoms with Gasteiger partial charge in [0.05, 0.1) is 6.10 Å². The lowest BCUT2D eigenvalue weighted by molar-refractivity contribution is 0.105. The van der Waals surface area contributed by atoms with E-state index in [4.69, 9.17) is 17.0 Å². The predicted molar refractivity (Wildman–Crippen MR) is 58.0 cm³/mol. The van der Waals surface area contributed by atoms with Gasteiger partial charge in [-0.2, -0.15) is 0 Å². The highest BCUT2D eigenvalue weighted by molar-refractivity contribution is 7.71.